The van der Waals surface area contributed by atoms with Crippen molar-refractivity contribution in [2.45, 2.75) is 95.8 Å². The number of carbonyl (C=O) groups excluding carboxylic acids is 1. The molecule has 0 bridgehead atoms. The zero-order valence-corrected chi connectivity index (χ0v) is 30.2. The molecule has 10 nitrogen and oxygen atoms in total. The van der Waals surface area contributed by atoms with Gasteiger partial charge >= 0.3 is 0 Å². The zero-order chi connectivity index (χ0) is 35.1. The number of nitrogens with one attached hydrogen (secondary N) is 1. The van der Waals surface area contributed by atoms with Crippen molar-refractivity contribution >= 4 is 34.1 Å². The predicted octanol–water partition coefficient (Wildman–Crippen LogP) is 6.69. The minimum absolute atomic E-state index is 0.183. The number of halogens is 1. The van der Waals surface area contributed by atoms with Crippen molar-refractivity contribution in [3.05, 3.63) is 60.4 Å². The molecule has 11 heteroatoms. The van der Waals surface area contributed by atoms with Crippen LogP contribution < -0.4 is 10.2 Å². The van der Waals surface area contributed by atoms with Gasteiger partial charge in [-0.15, -0.1) is 0 Å². The summed E-state index contributed by atoms with van der Waals surface area (Å²) in [5.74, 6) is 0.366. The van der Waals surface area contributed by atoms with Crippen LogP contribution in [0.5, 0.6) is 0 Å². The van der Waals surface area contributed by atoms with Gasteiger partial charge in [0, 0.05) is 42.1 Å². The van der Waals surface area contributed by atoms with Crippen LogP contribution >= 0.6 is 0 Å². The van der Waals surface area contributed by atoms with E-state index in [0.29, 0.717) is 29.0 Å². The first-order valence-electron chi connectivity index (χ1n) is 18.9. The first-order chi connectivity index (χ1) is 24.6. The van der Waals surface area contributed by atoms with Gasteiger partial charge in [-0.3, -0.25) is 19.6 Å². The molecule has 1 saturated carbocycles. The van der Waals surface area contributed by atoms with Crippen LogP contribution in [0, 0.1) is 11.2 Å². The normalized spacial score (nSPS) is 25.3. The number of rotatable bonds is 8. The van der Waals surface area contributed by atoms with Crippen molar-refractivity contribution in [2.75, 3.05) is 49.6 Å². The summed E-state index contributed by atoms with van der Waals surface area (Å²) in [7, 11) is 0. The lowest BCUT2D eigenvalue weighted by Gasteiger charge is -2.47. The molecule has 0 unspecified atom stereocenters. The van der Waals surface area contributed by atoms with Gasteiger partial charge < -0.3 is 19.5 Å². The number of ether oxygens (including phenoxy) is 1. The second kappa shape index (κ2) is 12.3. The SMILES string of the molecule is CC[C@H](C)n1cnc2cc(-c3ccc4c(c3)N(C3CC(N5CCC(C)(C)C5)C3)C(=O)C43CCN(C4COC4)CC3)nc(Nc3ccncc3F)c21. The highest BCUT2D eigenvalue weighted by Crippen LogP contribution is 2.52. The molecule has 5 aliphatic rings. The molecule has 1 aliphatic carbocycles. The number of fused-ring (bicyclic) bond motifs is 3. The lowest BCUT2D eigenvalue weighted by atomic mass is 9.73. The summed E-state index contributed by atoms with van der Waals surface area (Å²) in [6, 6.07) is 11.5. The van der Waals surface area contributed by atoms with Gasteiger partial charge in [0.05, 0.1) is 54.1 Å². The van der Waals surface area contributed by atoms with Crippen molar-refractivity contribution in [2.24, 2.45) is 5.41 Å². The average molecular weight is 693 g/mol. The Bertz CT molecular complexity index is 1980. The number of piperidine rings is 1. The Hall–Kier alpha value is -3.93. The predicted molar refractivity (Wildman–Crippen MR) is 197 cm³/mol. The van der Waals surface area contributed by atoms with Crippen molar-refractivity contribution < 1.29 is 13.9 Å². The third-order valence-electron chi connectivity index (χ3n) is 12.8. The van der Waals surface area contributed by atoms with E-state index in [-0.39, 0.29) is 18.0 Å². The number of likely N-dealkylation sites (tertiary alicyclic amines) is 2. The highest BCUT2D eigenvalue weighted by Gasteiger charge is 2.56. The molecule has 4 fully saturated rings. The third kappa shape index (κ3) is 5.46. The summed E-state index contributed by atoms with van der Waals surface area (Å²) in [5, 5.41) is 3.27. The third-order valence-corrected chi connectivity index (χ3v) is 12.8. The van der Waals surface area contributed by atoms with Gasteiger partial charge in [-0.05, 0) is 94.3 Å². The number of imidazole rings is 1. The van der Waals surface area contributed by atoms with E-state index in [9.17, 15) is 9.18 Å². The lowest BCUT2D eigenvalue weighted by molar-refractivity contribution is -0.128. The Morgan fingerprint density at radius 2 is 1.80 bits per heavy atom. The van der Waals surface area contributed by atoms with Gasteiger partial charge in [-0.1, -0.05) is 32.9 Å². The molecule has 51 heavy (non-hydrogen) atoms. The van der Waals surface area contributed by atoms with Crippen molar-refractivity contribution in [3.63, 3.8) is 0 Å². The fourth-order valence-electron chi connectivity index (χ4n) is 9.26. The minimum atomic E-state index is -0.506. The molecular weight excluding hydrogens is 643 g/mol. The fraction of sp³-hybridized carbons (Fsp3) is 0.550. The molecule has 4 aliphatic heterocycles. The van der Waals surface area contributed by atoms with Crippen molar-refractivity contribution in [3.8, 4) is 11.3 Å². The number of aromatic nitrogens is 4. The highest BCUT2D eigenvalue weighted by atomic mass is 19.1. The Balaban J connectivity index is 1.09. The molecule has 3 saturated heterocycles. The first kappa shape index (κ1) is 32.9. The molecule has 0 radical (unpaired) electrons. The van der Waals surface area contributed by atoms with Gasteiger partial charge in [-0.2, -0.15) is 0 Å². The van der Waals surface area contributed by atoms with Crippen molar-refractivity contribution in [1.82, 2.24) is 29.3 Å². The molecule has 1 aromatic carbocycles. The highest BCUT2D eigenvalue weighted by molar-refractivity contribution is 6.09. The van der Waals surface area contributed by atoms with E-state index in [1.165, 1.54) is 12.6 Å². The summed E-state index contributed by atoms with van der Waals surface area (Å²) < 4.78 is 22.5. The van der Waals surface area contributed by atoms with Gasteiger partial charge in [0.1, 0.15) is 5.52 Å². The van der Waals surface area contributed by atoms with E-state index >= 15 is 0 Å². The maximum Gasteiger partial charge on any atom is 0.238 e. The standard InChI is InChI=1S/C40H49FN8O2/c1-5-25(2)48-24-43-34-19-33(45-37(36(34)48)44-32-8-12-42-20-31(32)41)26-6-7-30-35(16-26)49(28-17-27(18-28)47-13-9-39(3,4)23-47)38(50)40(30)10-14-46(15-11-40)29-21-51-22-29/h6-8,12,16,19-20,24-25,27-29H,5,9-11,13-15,17-18,21-23H2,1-4H3,(H,42,44,45)/t25-,27?,28?/m0/s1. The Labute approximate surface area is 299 Å². The topological polar surface area (TPSA) is 91.7 Å². The van der Waals surface area contributed by atoms with E-state index in [0.717, 1.165) is 105 Å². The summed E-state index contributed by atoms with van der Waals surface area (Å²) in [6.45, 7) is 14.7. The second-order valence-electron chi connectivity index (χ2n) is 16.5. The molecular formula is C40H49FN8O2. The van der Waals surface area contributed by atoms with Crippen LogP contribution in [0.3, 0.4) is 0 Å². The minimum Gasteiger partial charge on any atom is -0.378 e. The summed E-state index contributed by atoms with van der Waals surface area (Å²) in [4.78, 5) is 36.1. The summed E-state index contributed by atoms with van der Waals surface area (Å²) in [6.07, 6.45) is 10.4. The van der Waals surface area contributed by atoms with E-state index in [1.807, 2.05) is 12.4 Å². The van der Waals surface area contributed by atoms with Gasteiger partial charge in [0.15, 0.2) is 11.6 Å². The Morgan fingerprint density at radius 1 is 1.02 bits per heavy atom. The fourth-order valence-corrected chi connectivity index (χ4v) is 9.26. The molecule has 1 N–H and O–H groups in total. The number of nitrogens with zero attached hydrogens (tertiary/aromatic N) is 7. The quantitative estimate of drug-likeness (QED) is 0.219. The van der Waals surface area contributed by atoms with Crippen LogP contribution in [0.1, 0.15) is 77.8 Å². The van der Waals surface area contributed by atoms with E-state index in [4.69, 9.17) is 14.7 Å². The number of carbonyl (C=O) groups is 1. The number of benzene rings is 1. The molecule has 1 amide bonds. The maximum absolute atomic E-state index is 14.9. The molecule has 1 atom stereocenters. The monoisotopic (exact) mass is 692 g/mol. The maximum atomic E-state index is 14.9. The Morgan fingerprint density at radius 3 is 2.49 bits per heavy atom. The molecule has 1 spiro atoms. The van der Waals surface area contributed by atoms with Crippen LogP contribution in [0.4, 0.5) is 21.6 Å². The zero-order valence-electron chi connectivity index (χ0n) is 30.2. The largest absolute Gasteiger partial charge is 0.378 e. The molecule has 4 aromatic rings. The first-order valence-corrected chi connectivity index (χ1v) is 18.9. The van der Waals surface area contributed by atoms with Crippen LogP contribution in [0.15, 0.2) is 49.1 Å². The number of amides is 1. The number of hydrogen-bond donors (Lipinski definition) is 1. The van der Waals surface area contributed by atoms with Gasteiger partial charge in [0.25, 0.3) is 0 Å². The van der Waals surface area contributed by atoms with Gasteiger partial charge in [0.2, 0.25) is 5.91 Å². The van der Waals surface area contributed by atoms with Crippen LogP contribution in [-0.4, -0.2) is 92.7 Å². The van der Waals surface area contributed by atoms with E-state index in [1.54, 1.807) is 12.3 Å². The molecule has 7 heterocycles. The number of anilines is 3. The molecule has 268 valence electrons. The number of pyridine rings is 2. The number of hydrogen-bond acceptors (Lipinski definition) is 8. The lowest BCUT2D eigenvalue weighted by Crippen LogP contribution is -2.59. The van der Waals surface area contributed by atoms with E-state index in [2.05, 4.69) is 75.5 Å². The average Bonchev–Trinajstić information content (AvgIpc) is 3.74. The van der Waals surface area contributed by atoms with Gasteiger partial charge in [-0.25, -0.2) is 14.4 Å². The van der Waals surface area contributed by atoms with Crippen molar-refractivity contribution in [1.29, 1.82) is 0 Å². The molecule has 3 aromatic heterocycles. The van der Waals surface area contributed by atoms with Crippen LogP contribution in [0.25, 0.3) is 22.3 Å². The Kier molecular flexibility index (Phi) is 7.97. The molecule has 9 rings (SSSR count). The van der Waals surface area contributed by atoms with E-state index < -0.39 is 11.2 Å². The summed E-state index contributed by atoms with van der Waals surface area (Å²) >= 11 is 0. The van der Waals surface area contributed by atoms with Crippen LogP contribution in [-0.2, 0) is 14.9 Å². The smallest absolute Gasteiger partial charge is 0.238 e. The van der Waals surface area contributed by atoms with Crippen LogP contribution in [0.2, 0.25) is 0 Å². The summed E-state index contributed by atoms with van der Waals surface area (Å²) in [5.41, 5.74) is 5.61. The second-order valence-corrected chi connectivity index (χ2v) is 16.5.